The highest BCUT2D eigenvalue weighted by Gasteiger charge is 2.13. The largest absolute Gasteiger partial charge is 0.397 e. The van der Waals surface area contributed by atoms with Crippen molar-refractivity contribution in [3.05, 3.63) is 131 Å². The number of hydrogen-bond acceptors (Lipinski definition) is 3. The number of anilines is 2. The van der Waals surface area contributed by atoms with Gasteiger partial charge in [-0.1, -0.05) is 66.7 Å². The number of halogens is 1. The van der Waals surface area contributed by atoms with Crippen molar-refractivity contribution in [2.24, 2.45) is 0 Å². The predicted octanol–water partition coefficient (Wildman–Crippen LogP) is 5.52. The average molecular weight is 468 g/mol. The maximum absolute atomic E-state index is 13.5. The monoisotopic (exact) mass is 467 g/mol. The molecule has 0 heterocycles. The van der Waals surface area contributed by atoms with Crippen molar-refractivity contribution >= 4 is 34.8 Å². The molecule has 0 bridgehead atoms. The Morgan fingerprint density at radius 2 is 1.46 bits per heavy atom. The first-order chi connectivity index (χ1) is 17.4. The lowest BCUT2D eigenvalue weighted by molar-refractivity contribution is -0.115. The minimum absolute atomic E-state index is 0.0496. The van der Waals surface area contributed by atoms with E-state index in [4.69, 9.17) is 7.10 Å². The van der Waals surface area contributed by atoms with Crippen molar-refractivity contribution < 1.29 is 15.4 Å². The molecule has 35 heavy (non-hydrogen) atoms. The normalized spacial score (nSPS) is 11.7. The third-order valence-electron chi connectivity index (χ3n) is 5.28. The van der Waals surface area contributed by atoms with Crippen LogP contribution < -0.4 is 16.4 Å². The Morgan fingerprint density at radius 3 is 2.14 bits per heavy atom. The summed E-state index contributed by atoms with van der Waals surface area (Å²) in [6.07, 6.45) is 0. The van der Waals surface area contributed by atoms with E-state index in [1.165, 1.54) is 24.3 Å². The summed E-state index contributed by atoms with van der Waals surface area (Å²) in [7, 11) is 0. The lowest BCUT2D eigenvalue weighted by atomic mass is 10.0. The molecule has 0 spiro atoms. The van der Waals surface area contributed by atoms with Crippen LogP contribution in [0.1, 0.15) is 28.4 Å². The summed E-state index contributed by atoms with van der Waals surface area (Å²) in [5.41, 5.74) is 9.05. The van der Waals surface area contributed by atoms with E-state index in [0.717, 1.165) is 5.56 Å². The Morgan fingerprint density at radius 1 is 0.829 bits per heavy atom. The van der Waals surface area contributed by atoms with Gasteiger partial charge < -0.3 is 16.4 Å². The SMILES string of the molecule is [3H]C(=C(C(=O)NCc1ccccc1)c1ccc(F)cc1)c1ccc(C(=O)Nc2ccccc2N)cc1. The highest BCUT2D eigenvalue weighted by Crippen LogP contribution is 2.21. The number of amides is 2. The van der Waals surface area contributed by atoms with Crippen LogP contribution in [-0.2, 0) is 11.3 Å². The number of nitrogen functional groups attached to an aromatic ring is 1. The van der Waals surface area contributed by atoms with Gasteiger partial charge in [0.15, 0.2) is 0 Å². The van der Waals surface area contributed by atoms with Crippen LogP contribution in [0.25, 0.3) is 11.6 Å². The van der Waals surface area contributed by atoms with E-state index in [2.05, 4.69) is 10.6 Å². The zero-order valence-corrected chi connectivity index (χ0v) is 18.8. The molecule has 4 aromatic carbocycles. The van der Waals surface area contributed by atoms with Crippen LogP contribution in [0, 0.1) is 5.82 Å². The molecule has 0 aromatic heterocycles. The molecule has 0 aliphatic carbocycles. The molecule has 4 rings (SSSR count). The highest BCUT2D eigenvalue weighted by atomic mass is 19.1. The van der Waals surface area contributed by atoms with Gasteiger partial charge in [-0.25, -0.2) is 4.39 Å². The summed E-state index contributed by atoms with van der Waals surface area (Å²) in [6.45, 7) is 0.277. The average Bonchev–Trinajstić information content (AvgIpc) is 2.90. The van der Waals surface area contributed by atoms with Gasteiger partial charge in [0.25, 0.3) is 11.8 Å². The van der Waals surface area contributed by atoms with Crippen molar-refractivity contribution in [1.29, 1.82) is 0 Å². The fourth-order valence-electron chi connectivity index (χ4n) is 3.40. The summed E-state index contributed by atoms with van der Waals surface area (Å²) < 4.78 is 22.3. The molecule has 0 saturated heterocycles. The van der Waals surface area contributed by atoms with Crippen LogP contribution in [0.2, 0.25) is 0 Å². The van der Waals surface area contributed by atoms with E-state index < -0.39 is 11.7 Å². The zero-order chi connectivity index (χ0) is 25.5. The Kier molecular flexibility index (Phi) is 6.91. The van der Waals surface area contributed by atoms with Crippen LogP contribution in [0.3, 0.4) is 0 Å². The third-order valence-corrected chi connectivity index (χ3v) is 5.28. The second-order valence-corrected chi connectivity index (χ2v) is 7.79. The lowest BCUT2D eigenvalue weighted by Gasteiger charge is -2.11. The van der Waals surface area contributed by atoms with E-state index in [1.807, 2.05) is 30.3 Å². The summed E-state index contributed by atoms with van der Waals surface area (Å²) in [5, 5.41) is 5.60. The second kappa shape index (κ2) is 10.9. The first-order valence-corrected chi connectivity index (χ1v) is 11.0. The number of benzene rings is 4. The standard InChI is InChI=1S/C29H24FN3O2/c30-24-16-14-22(15-17-24)25(29(35)32-19-21-6-2-1-3-7-21)18-20-10-12-23(13-11-20)28(34)33-27-9-5-4-8-26(27)31/h1-18H,19,31H2,(H,32,35)(H,33,34)/i18T. The molecular weight excluding hydrogens is 441 g/mol. The fraction of sp³-hybridized carbons (Fsp3) is 0.0345. The van der Waals surface area contributed by atoms with Gasteiger partial charge >= 0.3 is 0 Å². The van der Waals surface area contributed by atoms with Gasteiger partial charge in [-0.3, -0.25) is 9.59 Å². The van der Waals surface area contributed by atoms with E-state index >= 15 is 0 Å². The van der Waals surface area contributed by atoms with Crippen molar-refractivity contribution in [1.82, 2.24) is 5.32 Å². The van der Waals surface area contributed by atoms with Crippen LogP contribution in [0.4, 0.5) is 15.8 Å². The van der Waals surface area contributed by atoms with E-state index in [1.54, 1.807) is 48.5 Å². The van der Waals surface area contributed by atoms with E-state index in [9.17, 15) is 14.0 Å². The Balaban J connectivity index is 1.61. The number of carbonyl (C=O) groups excluding carboxylic acids is 2. The van der Waals surface area contributed by atoms with Gasteiger partial charge in [-0.2, -0.15) is 0 Å². The summed E-state index contributed by atoms with van der Waals surface area (Å²) in [4.78, 5) is 25.8. The number of nitrogens with one attached hydrogen (secondary N) is 2. The quantitative estimate of drug-likeness (QED) is 0.190. The summed E-state index contributed by atoms with van der Waals surface area (Å²) >= 11 is 0. The molecule has 0 unspecified atom stereocenters. The zero-order valence-electron chi connectivity index (χ0n) is 19.8. The molecule has 0 radical (unpaired) electrons. The van der Waals surface area contributed by atoms with Gasteiger partial charge in [0.05, 0.1) is 12.7 Å². The molecule has 174 valence electrons. The topological polar surface area (TPSA) is 84.2 Å². The Bertz CT molecular complexity index is 1400. The fourth-order valence-corrected chi connectivity index (χ4v) is 3.40. The van der Waals surface area contributed by atoms with Gasteiger partial charge in [0, 0.05) is 17.7 Å². The van der Waals surface area contributed by atoms with Crippen LogP contribution in [0.5, 0.6) is 0 Å². The first kappa shape index (κ1) is 22.1. The number of rotatable bonds is 7. The lowest BCUT2D eigenvalue weighted by Crippen LogP contribution is -2.23. The van der Waals surface area contributed by atoms with Crippen molar-refractivity contribution in [2.45, 2.75) is 6.54 Å². The molecular formula is C29H24FN3O2. The predicted molar refractivity (Wildman–Crippen MR) is 138 cm³/mol. The number of para-hydroxylation sites is 2. The maximum Gasteiger partial charge on any atom is 0.255 e. The second-order valence-electron chi connectivity index (χ2n) is 7.79. The Labute approximate surface area is 204 Å². The van der Waals surface area contributed by atoms with Gasteiger partial charge in [-0.05, 0) is 59.1 Å². The number of hydrogen-bond donors (Lipinski definition) is 3. The molecule has 2 amide bonds. The first-order valence-electron chi connectivity index (χ1n) is 11.5. The highest BCUT2D eigenvalue weighted by molar-refractivity contribution is 6.24. The van der Waals surface area contributed by atoms with E-state index in [-0.39, 0.29) is 24.1 Å². The molecule has 0 fully saturated rings. The summed E-state index contributed by atoms with van der Waals surface area (Å²) in [5.74, 6) is -1.25. The molecule has 4 N–H and O–H groups in total. The van der Waals surface area contributed by atoms with Crippen molar-refractivity contribution in [3.8, 4) is 0 Å². The van der Waals surface area contributed by atoms with Crippen LogP contribution >= 0.6 is 0 Å². The maximum atomic E-state index is 13.5. The number of carbonyl (C=O) groups is 2. The third kappa shape index (κ3) is 6.21. The molecule has 5 nitrogen and oxygen atoms in total. The molecule has 6 heteroatoms. The molecule has 0 atom stereocenters. The Hall–Kier alpha value is -4.71. The molecule has 0 aliphatic rings. The van der Waals surface area contributed by atoms with Crippen molar-refractivity contribution in [2.75, 3.05) is 11.1 Å². The minimum atomic E-state index is -0.461. The molecule has 0 aliphatic heterocycles. The minimum Gasteiger partial charge on any atom is -0.397 e. The van der Waals surface area contributed by atoms with Gasteiger partial charge in [-0.15, -0.1) is 0 Å². The molecule has 0 saturated carbocycles. The van der Waals surface area contributed by atoms with Crippen LogP contribution in [-0.4, -0.2) is 11.8 Å². The van der Waals surface area contributed by atoms with Crippen LogP contribution in [0.15, 0.2) is 103 Å². The number of nitrogens with two attached hydrogens (primary N) is 1. The summed E-state index contributed by atoms with van der Waals surface area (Å²) in [6, 6.07) is 28.0. The molecule has 4 aromatic rings. The smallest absolute Gasteiger partial charge is 0.255 e. The van der Waals surface area contributed by atoms with E-state index in [0.29, 0.717) is 28.1 Å². The van der Waals surface area contributed by atoms with Gasteiger partial charge in [0.1, 0.15) is 5.82 Å². The van der Waals surface area contributed by atoms with Crippen molar-refractivity contribution in [3.63, 3.8) is 0 Å². The van der Waals surface area contributed by atoms with Gasteiger partial charge in [0.2, 0.25) is 0 Å².